The van der Waals surface area contributed by atoms with Crippen molar-refractivity contribution in [3.05, 3.63) is 102 Å². The molecule has 2 N–H and O–H groups in total. The second-order valence-electron chi connectivity index (χ2n) is 9.74. The highest BCUT2D eigenvalue weighted by Gasteiger charge is 2.36. The quantitative estimate of drug-likeness (QED) is 0.435. The predicted octanol–water partition coefficient (Wildman–Crippen LogP) is 4.01. The number of hydrogen-bond donors (Lipinski definition) is 1. The van der Waals surface area contributed by atoms with E-state index in [9.17, 15) is 13.2 Å². The number of carbonyl (C=O) groups excluding carboxylic acids is 1. The van der Waals surface area contributed by atoms with Gasteiger partial charge in [-0.05, 0) is 30.2 Å². The second kappa shape index (κ2) is 11.9. The minimum atomic E-state index is -3.52. The molecule has 0 unspecified atom stereocenters. The zero-order chi connectivity index (χ0) is 26.3. The lowest BCUT2D eigenvalue weighted by molar-refractivity contribution is 0.000597. The molecular formula is C29H35N3O4S. The predicted molar refractivity (Wildman–Crippen MR) is 145 cm³/mol. The first-order chi connectivity index (χ1) is 17.8. The third-order valence-corrected chi connectivity index (χ3v) is 8.84. The molecule has 0 atom stereocenters. The van der Waals surface area contributed by atoms with Crippen LogP contribution >= 0.6 is 0 Å². The van der Waals surface area contributed by atoms with E-state index in [1.54, 1.807) is 16.4 Å². The minimum absolute atomic E-state index is 0.325. The number of carbonyl (C=O) groups is 1. The maximum Gasteiger partial charge on any atom is 0.405 e. The lowest BCUT2D eigenvalue weighted by Crippen LogP contribution is -2.51. The van der Waals surface area contributed by atoms with E-state index in [0.29, 0.717) is 56.9 Å². The lowest BCUT2D eigenvalue weighted by Gasteiger charge is -2.38. The van der Waals surface area contributed by atoms with Gasteiger partial charge in [0.15, 0.2) is 0 Å². The summed E-state index contributed by atoms with van der Waals surface area (Å²) in [7, 11) is -3.52. The number of sulfonamides is 1. The first-order valence-electron chi connectivity index (χ1n) is 12.6. The Labute approximate surface area is 219 Å². The third kappa shape index (κ3) is 7.19. The van der Waals surface area contributed by atoms with Crippen molar-refractivity contribution >= 4 is 16.1 Å². The van der Waals surface area contributed by atoms with Crippen molar-refractivity contribution < 1.29 is 17.9 Å². The summed E-state index contributed by atoms with van der Waals surface area (Å²) < 4.78 is 33.6. The summed E-state index contributed by atoms with van der Waals surface area (Å²) in [6, 6.07) is 26.9. The van der Waals surface area contributed by atoms with Gasteiger partial charge in [-0.3, -0.25) is 0 Å². The summed E-state index contributed by atoms with van der Waals surface area (Å²) in [5.41, 5.74) is 7.91. The molecule has 0 radical (unpaired) electrons. The van der Waals surface area contributed by atoms with Crippen molar-refractivity contribution in [1.29, 1.82) is 0 Å². The van der Waals surface area contributed by atoms with Gasteiger partial charge in [0.2, 0.25) is 10.0 Å². The molecule has 4 rings (SSSR count). The summed E-state index contributed by atoms with van der Waals surface area (Å²) in [6.45, 7) is 4.63. The fraction of sp³-hybridized carbons (Fsp3) is 0.345. The molecule has 3 aromatic rings. The number of nitrogens with zero attached hydrogens (tertiary/aromatic N) is 2. The molecule has 1 fully saturated rings. The number of benzene rings is 3. The molecule has 1 heterocycles. The van der Waals surface area contributed by atoms with Gasteiger partial charge in [0.05, 0.1) is 4.90 Å². The van der Waals surface area contributed by atoms with Crippen molar-refractivity contribution in [2.75, 3.05) is 32.7 Å². The summed E-state index contributed by atoms with van der Waals surface area (Å²) in [6.07, 6.45) is 0.853. The summed E-state index contributed by atoms with van der Waals surface area (Å²) in [4.78, 5) is 14.6. The normalized spacial score (nSPS) is 15.4. The van der Waals surface area contributed by atoms with Gasteiger partial charge in [-0.15, -0.1) is 0 Å². The van der Waals surface area contributed by atoms with Gasteiger partial charge in [-0.1, -0.05) is 78.4 Å². The molecule has 1 aliphatic rings. The van der Waals surface area contributed by atoms with Gasteiger partial charge in [-0.2, -0.15) is 4.31 Å². The van der Waals surface area contributed by atoms with Crippen LogP contribution in [0.4, 0.5) is 4.79 Å². The van der Waals surface area contributed by atoms with E-state index in [1.807, 2.05) is 79.7 Å². The van der Waals surface area contributed by atoms with Crippen molar-refractivity contribution in [2.45, 2.75) is 36.7 Å². The van der Waals surface area contributed by atoms with E-state index >= 15 is 0 Å². The van der Waals surface area contributed by atoms with Crippen LogP contribution in [0.5, 0.6) is 0 Å². The van der Waals surface area contributed by atoms with Crippen LogP contribution in [0.2, 0.25) is 0 Å². The Bertz CT molecular complexity index is 1220. The number of primary amides is 1. The van der Waals surface area contributed by atoms with Crippen molar-refractivity contribution in [3.63, 3.8) is 0 Å². The zero-order valence-corrected chi connectivity index (χ0v) is 22.1. The Morgan fingerprint density at radius 2 is 1.35 bits per heavy atom. The molecule has 0 aliphatic carbocycles. The van der Waals surface area contributed by atoms with Gasteiger partial charge >= 0.3 is 6.09 Å². The number of amides is 1. The molecular weight excluding hydrogens is 486 g/mol. The van der Waals surface area contributed by atoms with Crippen LogP contribution in [0.15, 0.2) is 89.8 Å². The number of aryl methyl sites for hydroxylation is 1. The van der Waals surface area contributed by atoms with E-state index in [-0.39, 0.29) is 0 Å². The van der Waals surface area contributed by atoms with Crippen LogP contribution in [0.1, 0.15) is 23.1 Å². The number of ether oxygens (including phenoxy) is 1. The van der Waals surface area contributed by atoms with E-state index in [2.05, 4.69) is 4.90 Å². The third-order valence-electron chi connectivity index (χ3n) is 6.93. The molecule has 8 heteroatoms. The number of piperazine rings is 1. The molecule has 1 amide bonds. The Balaban J connectivity index is 1.46. The minimum Gasteiger partial charge on any atom is -0.442 e. The van der Waals surface area contributed by atoms with Crippen LogP contribution in [0, 0.1) is 6.92 Å². The Kier molecular flexibility index (Phi) is 8.63. The first-order valence-corrected chi connectivity index (χ1v) is 14.1. The summed E-state index contributed by atoms with van der Waals surface area (Å²) >= 11 is 0. The van der Waals surface area contributed by atoms with Crippen molar-refractivity contribution in [3.8, 4) is 0 Å². The first kappa shape index (κ1) is 26.9. The molecule has 1 aliphatic heterocycles. The highest BCUT2D eigenvalue weighted by atomic mass is 32.2. The topological polar surface area (TPSA) is 92.9 Å². The molecule has 0 spiro atoms. The molecule has 1 saturated heterocycles. The van der Waals surface area contributed by atoms with Crippen LogP contribution < -0.4 is 5.73 Å². The van der Waals surface area contributed by atoms with E-state index < -0.39 is 21.7 Å². The molecule has 196 valence electrons. The summed E-state index contributed by atoms with van der Waals surface area (Å²) in [5, 5.41) is 0. The monoisotopic (exact) mass is 521 g/mol. The van der Waals surface area contributed by atoms with Gasteiger partial charge in [-0.25, -0.2) is 13.2 Å². The second-order valence-corrected chi connectivity index (χ2v) is 11.7. The Hall–Kier alpha value is -3.20. The number of hydrogen-bond acceptors (Lipinski definition) is 5. The van der Waals surface area contributed by atoms with Gasteiger partial charge < -0.3 is 15.4 Å². The smallest absolute Gasteiger partial charge is 0.405 e. The molecule has 7 nitrogen and oxygen atoms in total. The van der Waals surface area contributed by atoms with E-state index in [1.165, 1.54) is 0 Å². The molecule has 0 aromatic heterocycles. The van der Waals surface area contributed by atoms with Crippen LogP contribution in [0.3, 0.4) is 0 Å². The maximum atomic E-state index is 13.1. The molecule has 37 heavy (non-hydrogen) atoms. The summed E-state index contributed by atoms with van der Waals surface area (Å²) in [5.74, 6) is 0. The molecule has 0 bridgehead atoms. The fourth-order valence-corrected chi connectivity index (χ4v) is 6.35. The standard InChI is InChI=1S/C29H35N3O4S/c1-24-12-14-27(15-13-24)37(34,35)32-20-18-31(19-21-32)17-16-29(36-28(30)33,22-25-8-4-2-5-9-25)23-26-10-6-3-7-11-26/h2-15H,16-23H2,1H3,(H2,30,33). The van der Waals surface area contributed by atoms with Gasteiger partial charge in [0.1, 0.15) is 5.60 Å². The molecule has 0 saturated carbocycles. The largest absolute Gasteiger partial charge is 0.442 e. The Morgan fingerprint density at radius 3 is 1.84 bits per heavy atom. The van der Waals surface area contributed by atoms with Crippen LogP contribution in [-0.2, 0) is 27.6 Å². The van der Waals surface area contributed by atoms with Crippen LogP contribution in [0.25, 0.3) is 0 Å². The average molecular weight is 522 g/mol. The highest BCUT2D eigenvalue weighted by molar-refractivity contribution is 7.89. The molecule has 3 aromatic carbocycles. The maximum absolute atomic E-state index is 13.1. The lowest BCUT2D eigenvalue weighted by atomic mass is 9.84. The zero-order valence-electron chi connectivity index (χ0n) is 21.3. The average Bonchev–Trinajstić information content (AvgIpc) is 2.89. The SMILES string of the molecule is Cc1ccc(S(=O)(=O)N2CCN(CCC(Cc3ccccc3)(Cc3ccccc3)OC(N)=O)CC2)cc1. The van der Waals surface area contributed by atoms with E-state index in [0.717, 1.165) is 16.7 Å². The Morgan fingerprint density at radius 1 is 0.838 bits per heavy atom. The fourth-order valence-electron chi connectivity index (χ4n) is 4.93. The van der Waals surface area contributed by atoms with Crippen LogP contribution in [-0.4, -0.2) is 62.0 Å². The van der Waals surface area contributed by atoms with Gasteiger partial charge in [0.25, 0.3) is 0 Å². The number of rotatable bonds is 10. The van der Waals surface area contributed by atoms with Gasteiger partial charge in [0, 0.05) is 52.0 Å². The van der Waals surface area contributed by atoms with E-state index in [4.69, 9.17) is 10.5 Å². The van der Waals surface area contributed by atoms with Crippen molar-refractivity contribution in [2.24, 2.45) is 5.73 Å². The number of nitrogens with two attached hydrogens (primary N) is 1. The van der Waals surface area contributed by atoms with Crippen molar-refractivity contribution in [1.82, 2.24) is 9.21 Å². The highest BCUT2D eigenvalue weighted by Crippen LogP contribution is 2.28.